The van der Waals surface area contributed by atoms with Gasteiger partial charge in [-0.05, 0) is 25.8 Å². The second-order valence-electron chi connectivity index (χ2n) is 5.00. The summed E-state index contributed by atoms with van der Waals surface area (Å²) in [5.41, 5.74) is 5.65. The number of carboxylic acid groups (broad SMARTS) is 1. The number of nitrogens with two attached hydrogens (primary N) is 1. The van der Waals surface area contributed by atoms with E-state index < -0.39 is 18.1 Å². The fraction of sp³-hybridized carbons (Fsp3) is 0.429. The molecule has 1 aromatic rings. The topological polar surface area (TPSA) is 152 Å². The van der Waals surface area contributed by atoms with Gasteiger partial charge in [0.05, 0.1) is 0 Å². The third-order valence-electron chi connectivity index (χ3n) is 3.21. The number of carboxylic acids is 1. The van der Waals surface area contributed by atoms with Crippen molar-refractivity contribution in [2.24, 2.45) is 5.73 Å². The summed E-state index contributed by atoms with van der Waals surface area (Å²) in [6, 6.07) is 2.98. The summed E-state index contributed by atoms with van der Waals surface area (Å²) in [6.45, 7) is 2.15. The van der Waals surface area contributed by atoms with Crippen molar-refractivity contribution >= 4 is 41.5 Å². The average molecular weight is 334 g/mol. The van der Waals surface area contributed by atoms with E-state index in [1.165, 1.54) is 12.1 Å². The zero-order valence-corrected chi connectivity index (χ0v) is 12.3. The molecule has 0 aromatic heterocycles. The van der Waals surface area contributed by atoms with E-state index in [0.29, 0.717) is 24.9 Å². The molecule has 0 bridgehead atoms. The maximum atomic E-state index is 11.3. The molecule has 0 fully saturated rings. The first-order valence-corrected chi connectivity index (χ1v) is 6.90. The molecular weight excluding hydrogens is 311 g/mol. The Labute approximate surface area is 156 Å². The summed E-state index contributed by atoms with van der Waals surface area (Å²) in [7, 11) is 0. The Morgan fingerprint density at radius 3 is 2.57 bits per heavy atom. The average Bonchev–Trinajstić information content (AvgIpc) is 2.41. The van der Waals surface area contributed by atoms with Gasteiger partial charge < -0.3 is 26.4 Å². The van der Waals surface area contributed by atoms with Crippen molar-refractivity contribution < 1.29 is 20.1 Å². The Kier molecular flexibility index (Phi) is 9.66. The molecule has 0 spiro atoms. The minimum atomic E-state index is -0.993. The van der Waals surface area contributed by atoms with E-state index in [1.807, 2.05) is 0 Å². The Bertz CT molecular complexity index is 542. The van der Waals surface area contributed by atoms with Crippen molar-refractivity contribution in [2.45, 2.75) is 31.8 Å². The SMILES string of the molecule is CC(NC(CCCNC(=N)N)C(=O)O)c1ccc(O)cc1O.[NaH]. The van der Waals surface area contributed by atoms with Gasteiger partial charge in [-0.2, -0.15) is 0 Å². The van der Waals surface area contributed by atoms with Gasteiger partial charge in [0.2, 0.25) is 0 Å². The zero-order valence-electron chi connectivity index (χ0n) is 12.3. The number of aliphatic carboxylic acids is 1. The van der Waals surface area contributed by atoms with E-state index in [0.717, 1.165) is 0 Å². The first-order chi connectivity index (χ1) is 10.3. The van der Waals surface area contributed by atoms with Gasteiger partial charge in [-0.25, -0.2) is 0 Å². The molecular formula is C14H23N4NaO4. The van der Waals surface area contributed by atoms with Crippen LogP contribution in [0.3, 0.4) is 0 Å². The molecule has 2 unspecified atom stereocenters. The number of phenols is 2. The second kappa shape index (κ2) is 10.3. The van der Waals surface area contributed by atoms with Gasteiger partial charge >= 0.3 is 35.5 Å². The van der Waals surface area contributed by atoms with Gasteiger partial charge in [-0.15, -0.1) is 0 Å². The maximum absolute atomic E-state index is 11.3. The number of carbonyl (C=O) groups is 1. The molecule has 0 saturated carbocycles. The molecule has 1 aromatic carbocycles. The minimum absolute atomic E-state index is 0. The molecule has 0 heterocycles. The van der Waals surface area contributed by atoms with E-state index in [4.69, 9.17) is 11.1 Å². The summed E-state index contributed by atoms with van der Waals surface area (Å²) >= 11 is 0. The Balaban J connectivity index is 0.00000484. The van der Waals surface area contributed by atoms with Crippen LogP contribution in [-0.2, 0) is 4.79 Å². The fourth-order valence-electron chi connectivity index (χ4n) is 2.10. The van der Waals surface area contributed by atoms with Gasteiger partial charge in [0, 0.05) is 24.2 Å². The van der Waals surface area contributed by atoms with Crippen LogP contribution in [0.5, 0.6) is 11.5 Å². The van der Waals surface area contributed by atoms with E-state index in [-0.39, 0.29) is 47.0 Å². The van der Waals surface area contributed by atoms with Crippen LogP contribution in [0.2, 0.25) is 0 Å². The first kappa shape index (κ1) is 21.5. The van der Waals surface area contributed by atoms with Crippen LogP contribution in [-0.4, -0.2) is 69.4 Å². The summed E-state index contributed by atoms with van der Waals surface area (Å²) in [4.78, 5) is 11.3. The van der Waals surface area contributed by atoms with Crippen LogP contribution in [0.1, 0.15) is 31.4 Å². The van der Waals surface area contributed by atoms with Crippen LogP contribution in [0, 0.1) is 5.41 Å². The number of nitrogens with one attached hydrogen (secondary N) is 3. The van der Waals surface area contributed by atoms with Crippen LogP contribution in [0.25, 0.3) is 0 Å². The van der Waals surface area contributed by atoms with Crippen molar-refractivity contribution in [1.29, 1.82) is 5.41 Å². The van der Waals surface area contributed by atoms with Crippen molar-refractivity contribution in [1.82, 2.24) is 10.6 Å². The zero-order chi connectivity index (χ0) is 16.7. The molecule has 0 aliphatic heterocycles. The Hall–Kier alpha value is -1.48. The van der Waals surface area contributed by atoms with Gasteiger partial charge in [-0.3, -0.25) is 15.5 Å². The van der Waals surface area contributed by atoms with Crippen molar-refractivity contribution in [3.05, 3.63) is 23.8 Å². The van der Waals surface area contributed by atoms with Crippen LogP contribution >= 0.6 is 0 Å². The summed E-state index contributed by atoms with van der Waals surface area (Å²) in [5, 5.41) is 40.9. The number of guanidine groups is 1. The van der Waals surface area contributed by atoms with Crippen molar-refractivity contribution in [3.8, 4) is 11.5 Å². The predicted octanol–water partition coefficient (Wildman–Crippen LogP) is -0.184. The molecule has 23 heavy (non-hydrogen) atoms. The molecule has 124 valence electrons. The molecule has 0 saturated heterocycles. The molecule has 0 aliphatic rings. The summed E-state index contributed by atoms with van der Waals surface area (Å²) < 4.78 is 0. The quantitative estimate of drug-likeness (QED) is 0.151. The van der Waals surface area contributed by atoms with Crippen molar-refractivity contribution in [3.63, 3.8) is 0 Å². The third kappa shape index (κ3) is 7.56. The number of benzene rings is 1. The molecule has 9 heteroatoms. The predicted molar refractivity (Wildman–Crippen MR) is 89.0 cm³/mol. The third-order valence-corrected chi connectivity index (χ3v) is 3.21. The number of hydrogen-bond donors (Lipinski definition) is 7. The van der Waals surface area contributed by atoms with Gasteiger partial charge in [0.15, 0.2) is 5.96 Å². The number of hydrogen-bond acceptors (Lipinski definition) is 5. The molecule has 0 aliphatic carbocycles. The molecule has 8 nitrogen and oxygen atoms in total. The van der Waals surface area contributed by atoms with E-state index in [9.17, 15) is 20.1 Å². The Morgan fingerprint density at radius 2 is 2.04 bits per heavy atom. The number of aromatic hydroxyl groups is 2. The van der Waals surface area contributed by atoms with E-state index in [2.05, 4.69) is 10.6 Å². The molecule has 1 rings (SSSR count). The molecule has 0 amide bonds. The van der Waals surface area contributed by atoms with Gasteiger partial charge in [0.25, 0.3) is 0 Å². The normalized spacial score (nSPS) is 12.7. The molecule has 8 N–H and O–H groups in total. The molecule has 0 radical (unpaired) electrons. The number of phenolic OH excluding ortho intramolecular Hbond substituents is 2. The van der Waals surface area contributed by atoms with Gasteiger partial charge in [0.1, 0.15) is 17.5 Å². The van der Waals surface area contributed by atoms with Crippen LogP contribution in [0.15, 0.2) is 18.2 Å². The number of rotatable bonds is 8. The van der Waals surface area contributed by atoms with Crippen molar-refractivity contribution in [2.75, 3.05) is 6.54 Å². The summed E-state index contributed by atoms with van der Waals surface area (Å²) in [6.07, 6.45) is 0.872. The van der Waals surface area contributed by atoms with E-state index in [1.54, 1.807) is 13.0 Å². The van der Waals surface area contributed by atoms with Crippen LogP contribution in [0.4, 0.5) is 0 Å². The van der Waals surface area contributed by atoms with Crippen LogP contribution < -0.4 is 16.4 Å². The standard InChI is InChI=1S/C14H22N4O4.Na.H/c1-8(10-5-4-9(19)7-12(10)20)18-11(13(21)22)3-2-6-17-14(15)16;;/h4-5,7-8,11,18-20H,2-3,6H2,1H3,(H,21,22)(H4,15,16,17);;. The molecule has 2 atom stereocenters. The monoisotopic (exact) mass is 334 g/mol. The fourth-order valence-corrected chi connectivity index (χ4v) is 2.10. The second-order valence-corrected chi connectivity index (χ2v) is 5.00. The first-order valence-electron chi connectivity index (χ1n) is 6.90. The Morgan fingerprint density at radius 1 is 1.39 bits per heavy atom. The van der Waals surface area contributed by atoms with E-state index >= 15 is 0 Å². The summed E-state index contributed by atoms with van der Waals surface area (Å²) in [5.74, 6) is -1.30. The van der Waals surface area contributed by atoms with Gasteiger partial charge in [-0.1, -0.05) is 6.07 Å².